The standard InChI is InChI=1S/C19H24IN3O5S/c1-5-9-28-18(25)15-11(3)16(19(26)27-6-2)29-17(15)22-14(24)7-8-23-12(4)13(20)10-21-23/h10H,5-9H2,1-4H3,(H,22,24). The monoisotopic (exact) mass is 533 g/mol. The lowest BCUT2D eigenvalue weighted by Gasteiger charge is -2.08. The third-order valence-corrected chi connectivity index (χ3v) is 6.34. The predicted molar refractivity (Wildman–Crippen MR) is 119 cm³/mol. The Morgan fingerprint density at radius 3 is 2.52 bits per heavy atom. The van der Waals surface area contributed by atoms with E-state index in [1.165, 1.54) is 0 Å². The van der Waals surface area contributed by atoms with Crippen LogP contribution in [0.4, 0.5) is 5.00 Å². The third-order valence-electron chi connectivity index (χ3n) is 4.10. The van der Waals surface area contributed by atoms with Crippen molar-refractivity contribution in [2.75, 3.05) is 18.5 Å². The molecule has 0 fully saturated rings. The van der Waals surface area contributed by atoms with Crippen molar-refractivity contribution in [2.45, 2.75) is 47.1 Å². The Bertz CT molecular complexity index is 906. The van der Waals surface area contributed by atoms with Crippen LogP contribution in [0.5, 0.6) is 0 Å². The van der Waals surface area contributed by atoms with Gasteiger partial charge in [-0.2, -0.15) is 5.10 Å². The van der Waals surface area contributed by atoms with Crippen molar-refractivity contribution >= 4 is 56.8 Å². The molecule has 8 nitrogen and oxygen atoms in total. The van der Waals surface area contributed by atoms with Crippen LogP contribution in [0.2, 0.25) is 0 Å². The van der Waals surface area contributed by atoms with Gasteiger partial charge in [-0.15, -0.1) is 11.3 Å². The molecule has 10 heteroatoms. The lowest BCUT2D eigenvalue weighted by molar-refractivity contribution is -0.116. The van der Waals surface area contributed by atoms with Crippen molar-refractivity contribution in [1.29, 1.82) is 0 Å². The zero-order chi connectivity index (χ0) is 21.6. The second-order valence-electron chi connectivity index (χ2n) is 6.22. The van der Waals surface area contributed by atoms with Gasteiger partial charge in [-0.1, -0.05) is 6.92 Å². The van der Waals surface area contributed by atoms with Gasteiger partial charge in [0.15, 0.2) is 0 Å². The minimum absolute atomic E-state index is 0.174. The van der Waals surface area contributed by atoms with Crippen LogP contribution in [-0.2, 0) is 20.8 Å². The van der Waals surface area contributed by atoms with E-state index >= 15 is 0 Å². The molecule has 0 saturated carbocycles. The Morgan fingerprint density at radius 1 is 1.21 bits per heavy atom. The van der Waals surface area contributed by atoms with Crippen LogP contribution < -0.4 is 5.32 Å². The lowest BCUT2D eigenvalue weighted by Crippen LogP contribution is -2.17. The van der Waals surface area contributed by atoms with Gasteiger partial charge in [0.1, 0.15) is 9.88 Å². The summed E-state index contributed by atoms with van der Waals surface area (Å²) in [7, 11) is 0. The molecule has 0 spiro atoms. The maximum absolute atomic E-state index is 12.5. The topological polar surface area (TPSA) is 99.5 Å². The second kappa shape index (κ2) is 10.7. The summed E-state index contributed by atoms with van der Waals surface area (Å²) in [6, 6.07) is 0. The number of carbonyl (C=O) groups excluding carboxylic acids is 3. The minimum Gasteiger partial charge on any atom is -0.462 e. The fourth-order valence-corrected chi connectivity index (χ4v) is 4.06. The fourth-order valence-electron chi connectivity index (χ4n) is 2.55. The van der Waals surface area contributed by atoms with Crippen molar-refractivity contribution in [3.05, 3.63) is 31.5 Å². The van der Waals surface area contributed by atoms with Gasteiger partial charge in [0, 0.05) is 12.1 Å². The van der Waals surface area contributed by atoms with E-state index in [1.807, 2.05) is 13.8 Å². The molecule has 0 unspecified atom stereocenters. The van der Waals surface area contributed by atoms with E-state index in [1.54, 1.807) is 24.7 Å². The number of nitrogens with one attached hydrogen (secondary N) is 1. The highest BCUT2D eigenvalue weighted by atomic mass is 127. The zero-order valence-electron chi connectivity index (χ0n) is 16.8. The molecule has 0 atom stereocenters. The molecule has 2 aromatic heterocycles. The van der Waals surface area contributed by atoms with Crippen LogP contribution in [0.25, 0.3) is 0 Å². The molecule has 0 aliphatic carbocycles. The average Bonchev–Trinajstić information content (AvgIpc) is 3.17. The molecular formula is C19H24IN3O5S. The number of anilines is 1. The molecule has 1 N–H and O–H groups in total. The maximum Gasteiger partial charge on any atom is 0.348 e. The first-order valence-electron chi connectivity index (χ1n) is 9.25. The van der Waals surface area contributed by atoms with E-state index in [2.05, 4.69) is 33.0 Å². The molecule has 2 heterocycles. The minimum atomic E-state index is -0.566. The number of hydrogen-bond acceptors (Lipinski definition) is 7. The maximum atomic E-state index is 12.5. The van der Waals surface area contributed by atoms with Crippen molar-refractivity contribution in [3.63, 3.8) is 0 Å². The van der Waals surface area contributed by atoms with E-state index in [0.717, 1.165) is 20.6 Å². The molecule has 0 aromatic carbocycles. The van der Waals surface area contributed by atoms with Gasteiger partial charge in [-0.3, -0.25) is 9.48 Å². The second-order valence-corrected chi connectivity index (χ2v) is 8.40. The van der Waals surface area contributed by atoms with Gasteiger partial charge < -0.3 is 14.8 Å². The summed E-state index contributed by atoms with van der Waals surface area (Å²) in [6.45, 7) is 8.06. The molecule has 0 saturated heterocycles. The summed E-state index contributed by atoms with van der Waals surface area (Å²) in [4.78, 5) is 37.5. The first-order valence-corrected chi connectivity index (χ1v) is 11.1. The summed E-state index contributed by atoms with van der Waals surface area (Å²) >= 11 is 3.21. The molecule has 0 aliphatic heterocycles. The van der Waals surface area contributed by atoms with Gasteiger partial charge in [-0.25, -0.2) is 9.59 Å². The smallest absolute Gasteiger partial charge is 0.348 e. The number of amides is 1. The number of ether oxygens (including phenoxy) is 2. The van der Waals surface area contributed by atoms with Crippen LogP contribution in [-0.4, -0.2) is 40.8 Å². The molecular weight excluding hydrogens is 509 g/mol. The van der Waals surface area contributed by atoms with Gasteiger partial charge in [0.05, 0.1) is 35.1 Å². The van der Waals surface area contributed by atoms with E-state index < -0.39 is 11.9 Å². The number of hydrogen-bond donors (Lipinski definition) is 1. The first kappa shape index (κ1) is 23.3. The van der Waals surface area contributed by atoms with E-state index in [-0.39, 0.29) is 36.0 Å². The molecule has 29 heavy (non-hydrogen) atoms. The summed E-state index contributed by atoms with van der Waals surface area (Å²) in [6.07, 6.45) is 2.58. The molecule has 1 amide bonds. The van der Waals surface area contributed by atoms with Crippen molar-refractivity contribution < 1.29 is 23.9 Å². The van der Waals surface area contributed by atoms with Crippen LogP contribution in [0.3, 0.4) is 0 Å². The number of esters is 2. The fraction of sp³-hybridized carbons (Fsp3) is 0.474. The normalized spacial score (nSPS) is 10.7. The number of nitrogens with zero attached hydrogens (tertiary/aromatic N) is 2. The zero-order valence-corrected chi connectivity index (χ0v) is 19.8. The lowest BCUT2D eigenvalue weighted by atomic mass is 10.1. The Morgan fingerprint density at radius 2 is 1.93 bits per heavy atom. The number of rotatable bonds is 9. The van der Waals surface area contributed by atoms with Crippen molar-refractivity contribution in [1.82, 2.24) is 9.78 Å². The number of halogens is 1. The number of carbonyl (C=O) groups is 3. The Hall–Kier alpha value is -1.95. The van der Waals surface area contributed by atoms with Crippen molar-refractivity contribution in [2.24, 2.45) is 0 Å². The first-order chi connectivity index (χ1) is 13.8. The predicted octanol–water partition coefficient (Wildman–Crippen LogP) is 3.94. The van der Waals surface area contributed by atoms with E-state index in [4.69, 9.17) is 9.47 Å². The molecule has 0 bridgehead atoms. The highest BCUT2D eigenvalue weighted by Gasteiger charge is 2.27. The van der Waals surface area contributed by atoms with Gasteiger partial charge in [0.2, 0.25) is 5.91 Å². The highest BCUT2D eigenvalue weighted by Crippen LogP contribution is 2.34. The Kier molecular flexibility index (Phi) is 8.62. The summed E-state index contributed by atoms with van der Waals surface area (Å²) in [5, 5.41) is 7.28. The van der Waals surface area contributed by atoms with Gasteiger partial charge in [-0.05, 0) is 55.3 Å². The average molecular weight is 533 g/mol. The SMILES string of the molecule is CCCOC(=O)c1c(NC(=O)CCn2ncc(I)c2C)sc(C(=O)OCC)c1C. The molecule has 0 aliphatic rings. The van der Waals surface area contributed by atoms with Gasteiger partial charge >= 0.3 is 11.9 Å². The molecule has 2 rings (SSSR count). The number of aryl methyl sites for hydroxylation is 1. The van der Waals surface area contributed by atoms with E-state index in [9.17, 15) is 14.4 Å². The Labute approximate surface area is 187 Å². The molecule has 158 valence electrons. The summed E-state index contributed by atoms with van der Waals surface area (Å²) in [5.41, 5.74) is 1.63. The summed E-state index contributed by atoms with van der Waals surface area (Å²) < 4.78 is 13.1. The van der Waals surface area contributed by atoms with Crippen LogP contribution in [0.15, 0.2) is 6.20 Å². The van der Waals surface area contributed by atoms with Crippen LogP contribution in [0, 0.1) is 17.4 Å². The third kappa shape index (κ3) is 5.78. The van der Waals surface area contributed by atoms with Crippen LogP contribution in [0.1, 0.15) is 58.0 Å². The quantitative estimate of drug-likeness (QED) is 0.388. The molecule has 2 aromatic rings. The highest BCUT2D eigenvalue weighted by molar-refractivity contribution is 14.1. The summed E-state index contributed by atoms with van der Waals surface area (Å²) in [5.74, 6) is -1.37. The molecule has 0 radical (unpaired) electrons. The van der Waals surface area contributed by atoms with Crippen LogP contribution >= 0.6 is 33.9 Å². The number of aromatic nitrogens is 2. The number of thiophene rings is 1. The van der Waals surface area contributed by atoms with Crippen molar-refractivity contribution in [3.8, 4) is 0 Å². The Balaban J connectivity index is 2.21. The van der Waals surface area contributed by atoms with Gasteiger partial charge in [0.25, 0.3) is 0 Å². The van der Waals surface area contributed by atoms with E-state index in [0.29, 0.717) is 23.5 Å². The largest absolute Gasteiger partial charge is 0.462 e.